The molecule has 2 rings (SSSR count). The van der Waals surface area contributed by atoms with Crippen molar-refractivity contribution in [2.75, 3.05) is 6.54 Å². The first-order chi connectivity index (χ1) is 7.13. The molecule has 2 aromatic rings. The first kappa shape index (κ1) is 10.8. The zero-order valence-corrected chi connectivity index (χ0v) is 10.0. The Morgan fingerprint density at radius 3 is 2.73 bits per heavy atom. The summed E-state index contributed by atoms with van der Waals surface area (Å²) in [5.74, 6) is 0. The minimum absolute atomic E-state index is 0.677. The maximum Gasteiger partial charge on any atom is 0.0781 e. The van der Waals surface area contributed by atoms with Crippen molar-refractivity contribution in [2.45, 2.75) is 13.3 Å². The summed E-state index contributed by atoms with van der Waals surface area (Å²) in [6.45, 7) is 2.92. The molecule has 0 saturated carbocycles. The quantitative estimate of drug-likeness (QED) is 0.815. The van der Waals surface area contributed by atoms with Crippen molar-refractivity contribution in [1.29, 1.82) is 0 Å². The van der Waals surface area contributed by atoms with Crippen LogP contribution in [0, 0.1) is 6.92 Å². The average molecular weight is 244 g/mol. The van der Waals surface area contributed by atoms with Crippen molar-refractivity contribution in [1.82, 2.24) is 4.98 Å². The molecular weight excluding hydrogens is 231 g/mol. The first-order valence-electron chi connectivity index (χ1n) is 4.89. The molecule has 0 unspecified atom stereocenters. The summed E-state index contributed by atoms with van der Waals surface area (Å²) >= 11 is 12.1. The molecule has 0 aliphatic rings. The van der Waals surface area contributed by atoms with Crippen LogP contribution in [0.3, 0.4) is 0 Å². The van der Waals surface area contributed by atoms with Gasteiger partial charge in [0.2, 0.25) is 0 Å². The number of H-pyrrole nitrogens is 1. The van der Waals surface area contributed by atoms with E-state index in [0.29, 0.717) is 10.0 Å². The molecule has 80 valence electrons. The van der Waals surface area contributed by atoms with E-state index >= 15 is 0 Å². The number of nitrogens with one attached hydrogen (secondary N) is 1. The summed E-state index contributed by atoms with van der Waals surface area (Å²) in [5.41, 5.74) is 7.27. The van der Waals surface area contributed by atoms with Gasteiger partial charge in [-0.15, -0.1) is 0 Å². The maximum atomic E-state index is 6.12. The molecular formula is C11H13Cl2N2+. The van der Waals surface area contributed by atoms with Gasteiger partial charge in [-0.2, -0.15) is 0 Å². The third kappa shape index (κ3) is 1.85. The number of aryl methyl sites for hydroxylation is 1. The van der Waals surface area contributed by atoms with E-state index in [4.69, 9.17) is 23.2 Å². The number of benzene rings is 1. The zero-order valence-electron chi connectivity index (χ0n) is 8.53. The van der Waals surface area contributed by atoms with Crippen LogP contribution < -0.4 is 5.73 Å². The second-order valence-electron chi connectivity index (χ2n) is 3.64. The fraction of sp³-hybridized carbons (Fsp3) is 0.273. The van der Waals surface area contributed by atoms with E-state index < -0.39 is 0 Å². The summed E-state index contributed by atoms with van der Waals surface area (Å²) in [6, 6.07) is 3.71. The highest BCUT2D eigenvalue weighted by molar-refractivity contribution is 6.38. The summed E-state index contributed by atoms with van der Waals surface area (Å²) in [7, 11) is 0. The monoisotopic (exact) mass is 243 g/mol. The molecule has 4 N–H and O–H groups in total. The van der Waals surface area contributed by atoms with Crippen LogP contribution >= 0.6 is 23.2 Å². The summed E-state index contributed by atoms with van der Waals surface area (Å²) < 4.78 is 0. The molecule has 2 nitrogen and oxygen atoms in total. The van der Waals surface area contributed by atoms with E-state index in [-0.39, 0.29) is 0 Å². The topological polar surface area (TPSA) is 43.4 Å². The second-order valence-corrected chi connectivity index (χ2v) is 4.49. The van der Waals surface area contributed by atoms with Crippen LogP contribution in [-0.2, 0) is 6.42 Å². The highest BCUT2D eigenvalue weighted by Gasteiger charge is 2.11. The molecule has 0 bridgehead atoms. The van der Waals surface area contributed by atoms with Gasteiger partial charge < -0.3 is 10.7 Å². The van der Waals surface area contributed by atoms with Gasteiger partial charge in [0.1, 0.15) is 0 Å². The van der Waals surface area contributed by atoms with Crippen molar-refractivity contribution in [3.63, 3.8) is 0 Å². The van der Waals surface area contributed by atoms with Crippen LogP contribution in [0.15, 0.2) is 12.1 Å². The van der Waals surface area contributed by atoms with Crippen LogP contribution in [0.1, 0.15) is 11.3 Å². The lowest BCUT2D eigenvalue weighted by Gasteiger charge is -1.98. The fourth-order valence-corrected chi connectivity index (χ4v) is 2.44. The van der Waals surface area contributed by atoms with Gasteiger partial charge in [-0.3, -0.25) is 0 Å². The van der Waals surface area contributed by atoms with Crippen LogP contribution in [0.4, 0.5) is 0 Å². The maximum absolute atomic E-state index is 6.12. The molecule has 0 aliphatic heterocycles. The van der Waals surface area contributed by atoms with Crippen molar-refractivity contribution < 1.29 is 5.73 Å². The molecule has 4 heteroatoms. The van der Waals surface area contributed by atoms with E-state index in [0.717, 1.165) is 29.6 Å². The number of hydrogen-bond acceptors (Lipinski definition) is 0. The van der Waals surface area contributed by atoms with E-state index in [1.54, 1.807) is 6.07 Å². The van der Waals surface area contributed by atoms with Gasteiger partial charge >= 0.3 is 0 Å². The molecule has 1 aromatic carbocycles. The van der Waals surface area contributed by atoms with Gasteiger partial charge in [0.05, 0.1) is 17.1 Å². The van der Waals surface area contributed by atoms with Crippen LogP contribution in [0.25, 0.3) is 10.9 Å². The number of quaternary nitrogens is 1. The minimum Gasteiger partial charge on any atom is -0.357 e. The molecule has 0 radical (unpaired) electrons. The number of aromatic amines is 1. The van der Waals surface area contributed by atoms with Crippen molar-refractivity contribution >= 4 is 34.1 Å². The van der Waals surface area contributed by atoms with E-state index in [9.17, 15) is 0 Å². The Morgan fingerprint density at radius 1 is 1.33 bits per heavy atom. The molecule has 0 amide bonds. The van der Waals surface area contributed by atoms with Crippen molar-refractivity contribution in [3.8, 4) is 0 Å². The Labute approximate surface area is 98.4 Å². The Morgan fingerprint density at radius 2 is 2.07 bits per heavy atom. The Kier molecular flexibility index (Phi) is 2.91. The van der Waals surface area contributed by atoms with Crippen LogP contribution in [0.5, 0.6) is 0 Å². The molecule has 0 saturated heterocycles. The Balaban J connectivity index is 2.74. The lowest BCUT2D eigenvalue weighted by atomic mass is 10.1. The van der Waals surface area contributed by atoms with Crippen LogP contribution in [-0.4, -0.2) is 11.5 Å². The van der Waals surface area contributed by atoms with E-state index in [1.165, 1.54) is 5.56 Å². The third-order valence-corrected chi connectivity index (χ3v) is 3.09. The zero-order chi connectivity index (χ0) is 11.0. The summed E-state index contributed by atoms with van der Waals surface area (Å²) in [4.78, 5) is 3.29. The van der Waals surface area contributed by atoms with E-state index in [2.05, 4.69) is 17.6 Å². The standard InChI is InChI=1S/C11H12Cl2N2/c1-6-8(2-3-14)9-4-7(12)5-10(13)11(9)15-6/h4-5,15H,2-3,14H2,1H3/p+1. The van der Waals surface area contributed by atoms with Gasteiger partial charge in [-0.25, -0.2) is 0 Å². The van der Waals surface area contributed by atoms with Gasteiger partial charge in [0, 0.05) is 22.5 Å². The fourth-order valence-electron chi connectivity index (χ4n) is 1.90. The predicted molar refractivity (Wildman–Crippen MR) is 64.5 cm³/mol. The van der Waals surface area contributed by atoms with Gasteiger partial charge in [-0.1, -0.05) is 23.2 Å². The first-order valence-corrected chi connectivity index (χ1v) is 5.64. The lowest BCUT2D eigenvalue weighted by molar-refractivity contribution is -0.366. The molecule has 0 spiro atoms. The Hall–Kier alpha value is -0.700. The number of rotatable bonds is 2. The molecule has 1 heterocycles. The van der Waals surface area contributed by atoms with Gasteiger partial charge in [-0.05, 0) is 24.6 Å². The molecule has 0 atom stereocenters. The second kappa shape index (κ2) is 4.05. The van der Waals surface area contributed by atoms with Crippen molar-refractivity contribution in [2.24, 2.45) is 0 Å². The molecule has 15 heavy (non-hydrogen) atoms. The largest absolute Gasteiger partial charge is 0.357 e. The smallest absolute Gasteiger partial charge is 0.0781 e. The van der Waals surface area contributed by atoms with Gasteiger partial charge in [0.25, 0.3) is 0 Å². The van der Waals surface area contributed by atoms with E-state index in [1.807, 2.05) is 6.07 Å². The minimum atomic E-state index is 0.677. The van der Waals surface area contributed by atoms with Crippen LogP contribution in [0.2, 0.25) is 10.0 Å². The lowest BCUT2D eigenvalue weighted by Crippen LogP contribution is -2.51. The molecule has 0 fully saturated rings. The molecule has 0 aliphatic carbocycles. The van der Waals surface area contributed by atoms with Crippen molar-refractivity contribution in [3.05, 3.63) is 33.4 Å². The third-order valence-electron chi connectivity index (χ3n) is 2.57. The molecule has 1 aromatic heterocycles. The average Bonchev–Trinajstić information content (AvgIpc) is 2.46. The van der Waals surface area contributed by atoms with Gasteiger partial charge in [0.15, 0.2) is 0 Å². The Bertz CT molecular complexity index is 503. The number of hydrogen-bond donors (Lipinski definition) is 2. The predicted octanol–water partition coefficient (Wildman–Crippen LogP) is 2.57. The number of aromatic nitrogens is 1. The highest BCUT2D eigenvalue weighted by atomic mass is 35.5. The number of halogens is 2. The highest BCUT2D eigenvalue weighted by Crippen LogP contribution is 2.31. The normalized spacial score (nSPS) is 11.2. The summed E-state index contributed by atoms with van der Waals surface area (Å²) in [6.07, 6.45) is 0.947. The SMILES string of the molecule is Cc1[nH]c2c(Cl)cc(Cl)cc2c1CC[NH3+]. The number of fused-ring (bicyclic) bond motifs is 1. The summed E-state index contributed by atoms with van der Waals surface area (Å²) in [5, 5.41) is 2.47.